The van der Waals surface area contributed by atoms with Crippen LogP contribution in [0.25, 0.3) is 0 Å². The summed E-state index contributed by atoms with van der Waals surface area (Å²) < 4.78 is 0. The molecular formula is C25H20N2O4. The number of carbonyl (C=O) groups excluding carboxylic acids is 4. The summed E-state index contributed by atoms with van der Waals surface area (Å²) in [4.78, 5) is 54.4. The summed E-state index contributed by atoms with van der Waals surface area (Å²) in [7, 11) is 0. The van der Waals surface area contributed by atoms with E-state index in [2.05, 4.69) is 0 Å². The number of rotatable bonds is 3. The molecule has 0 aromatic heterocycles. The van der Waals surface area contributed by atoms with Crippen LogP contribution in [0.3, 0.4) is 0 Å². The van der Waals surface area contributed by atoms with Gasteiger partial charge in [0.1, 0.15) is 0 Å². The fraction of sp³-hybridized carbons (Fsp3) is 0.200. The lowest BCUT2D eigenvalue weighted by Crippen LogP contribution is -2.33. The molecule has 2 aromatic carbocycles. The van der Waals surface area contributed by atoms with Gasteiger partial charge in [0.15, 0.2) is 0 Å². The summed E-state index contributed by atoms with van der Waals surface area (Å²) >= 11 is 0. The van der Waals surface area contributed by atoms with E-state index in [1.165, 1.54) is 9.80 Å². The molecule has 0 saturated carbocycles. The Morgan fingerprint density at radius 2 is 1.32 bits per heavy atom. The quantitative estimate of drug-likeness (QED) is 0.724. The van der Waals surface area contributed by atoms with E-state index in [9.17, 15) is 19.2 Å². The van der Waals surface area contributed by atoms with Gasteiger partial charge >= 0.3 is 0 Å². The van der Waals surface area contributed by atoms with E-state index in [1.54, 1.807) is 55.5 Å². The number of para-hydroxylation sites is 2. The Balaban J connectivity index is 1.43. The van der Waals surface area contributed by atoms with Gasteiger partial charge in [-0.2, -0.15) is 0 Å². The highest BCUT2D eigenvalue weighted by Gasteiger charge is 2.48. The van der Waals surface area contributed by atoms with Crippen LogP contribution < -0.4 is 9.80 Å². The van der Waals surface area contributed by atoms with Gasteiger partial charge in [-0.1, -0.05) is 42.5 Å². The Bertz CT molecular complexity index is 1180. The lowest BCUT2D eigenvalue weighted by Gasteiger charge is -2.24. The number of allylic oxidation sites excluding steroid dienone is 1. The van der Waals surface area contributed by atoms with Crippen molar-refractivity contribution in [3.63, 3.8) is 0 Å². The molecule has 5 rings (SSSR count). The molecule has 6 heteroatoms. The number of amides is 4. The van der Waals surface area contributed by atoms with Crippen LogP contribution in [0.2, 0.25) is 0 Å². The average molecular weight is 412 g/mol. The van der Waals surface area contributed by atoms with Crippen LogP contribution in [0.4, 0.5) is 11.4 Å². The molecule has 0 radical (unpaired) electrons. The molecule has 2 heterocycles. The molecule has 4 amide bonds. The van der Waals surface area contributed by atoms with Crippen molar-refractivity contribution in [3.8, 4) is 0 Å². The third-order valence-corrected chi connectivity index (χ3v) is 6.21. The Morgan fingerprint density at radius 1 is 0.742 bits per heavy atom. The van der Waals surface area contributed by atoms with Gasteiger partial charge in [-0.05, 0) is 49.1 Å². The standard InChI is InChI=1S/C25H20N2O4/c1-15-12-16(19-14-21(28)26(23(19)29)17-8-4-2-5-9-17)13-20-22(15)25(31)27(24(20)30)18-10-6-3-7-11-18/h2-12,16,19H,13-14H2,1H3. The fourth-order valence-corrected chi connectivity index (χ4v) is 4.78. The van der Waals surface area contributed by atoms with E-state index in [4.69, 9.17) is 0 Å². The molecule has 0 spiro atoms. The predicted octanol–water partition coefficient (Wildman–Crippen LogP) is 3.40. The normalized spacial score (nSPS) is 23.6. The first-order chi connectivity index (χ1) is 15.0. The van der Waals surface area contributed by atoms with E-state index >= 15 is 0 Å². The molecular weight excluding hydrogens is 392 g/mol. The molecule has 2 atom stereocenters. The highest BCUT2D eigenvalue weighted by Crippen LogP contribution is 2.43. The zero-order valence-corrected chi connectivity index (χ0v) is 16.9. The number of nitrogens with zero attached hydrogens (tertiary/aromatic N) is 2. The van der Waals surface area contributed by atoms with Crippen molar-refractivity contribution in [2.24, 2.45) is 11.8 Å². The summed E-state index contributed by atoms with van der Waals surface area (Å²) in [5.74, 6) is -2.04. The van der Waals surface area contributed by atoms with E-state index in [1.807, 2.05) is 18.2 Å². The molecule has 154 valence electrons. The Kier molecular flexibility index (Phi) is 4.43. The minimum atomic E-state index is -0.551. The maximum Gasteiger partial charge on any atom is 0.266 e. The van der Waals surface area contributed by atoms with Crippen molar-refractivity contribution in [1.29, 1.82) is 0 Å². The first-order valence-electron chi connectivity index (χ1n) is 10.2. The predicted molar refractivity (Wildman–Crippen MR) is 115 cm³/mol. The van der Waals surface area contributed by atoms with E-state index in [0.717, 1.165) is 0 Å². The van der Waals surface area contributed by atoms with Crippen LogP contribution in [0.5, 0.6) is 0 Å². The summed E-state index contributed by atoms with van der Waals surface area (Å²) in [6.07, 6.45) is 2.24. The molecule has 1 aliphatic carbocycles. The smallest absolute Gasteiger partial charge is 0.266 e. The molecule has 31 heavy (non-hydrogen) atoms. The third kappa shape index (κ3) is 2.94. The zero-order chi connectivity index (χ0) is 21.7. The maximum absolute atomic E-state index is 13.1. The highest BCUT2D eigenvalue weighted by molar-refractivity contribution is 6.34. The van der Waals surface area contributed by atoms with E-state index in [-0.39, 0.29) is 42.4 Å². The number of carbonyl (C=O) groups is 4. The zero-order valence-electron chi connectivity index (χ0n) is 16.9. The second kappa shape index (κ2) is 7.16. The minimum Gasteiger partial charge on any atom is -0.274 e. The van der Waals surface area contributed by atoms with Gasteiger partial charge in [0.2, 0.25) is 11.8 Å². The number of anilines is 2. The van der Waals surface area contributed by atoms with Crippen LogP contribution in [0.1, 0.15) is 19.8 Å². The Labute approximate surface area is 179 Å². The summed E-state index contributed by atoms with van der Waals surface area (Å²) in [6.45, 7) is 1.79. The molecule has 0 N–H and O–H groups in total. The van der Waals surface area contributed by atoms with Crippen molar-refractivity contribution < 1.29 is 19.2 Å². The first-order valence-corrected chi connectivity index (χ1v) is 10.2. The van der Waals surface area contributed by atoms with Crippen LogP contribution in [-0.2, 0) is 19.2 Å². The minimum absolute atomic E-state index is 0.0926. The average Bonchev–Trinajstić information content (AvgIpc) is 3.21. The van der Waals surface area contributed by atoms with Crippen LogP contribution >= 0.6 is 0 Å². The maximum atomic E-state index is 13.1. The third-order valence-electron chi connectivity index (χ3n) is 6.21. The first kappa shape index (κ1) is 19.2. The SMILES string of the molecule is CC1=CC(C2CC(=O)N(c3ccccc3)C2=O)CC2=C1C(=O)N(c1ccccc1)C2=O. The number of hydrogen-bond acceptors (Lipinski definition) is 4. The largest absolute Gasteiger partial charge is 0.274 e. The van der Waals surface area contributed by atoms with Gasteiger partial charge in [-0.15, -0.1) is 0 Å². The Morgan fingerprint density at radius 3 is 1.94 bits per heavy atom. The fourth-order valence-electron chi connectivity index (χ4n) is 4.78. The molecule has 2 aromatic rings. The molecule has 0 bridgehead atoms. The summed E-state index contributed by atoms with van der Waals surface area (Å²) in [6, 6.07) is 17.7. The van der Waals surface area contributed by atoms with E-state index < -0.39 is 5.92 Å². The molecule has 6 nitrogen and oxygen atoms in total. The molecule has 1 fully saturated rings. The summed E-state index contributed by atoms with van der Waals surface area (Å²) in [5, 5.41) is 0. The number of hydrogen-bond donors (Lipinski definition) is 0. The monoisotopic (exact) mass is 412 g/mol. The van der Waals surface area contributed by atoms with Crippen molar-refractivity contribution in [2.45, 2.75) is 19.8 Å². The van der Waals surface area contributed by atoms with Crippen LogP contribution in [0.15, 0.2) is 83.5 Å². The van der Waals surface area contributed by atoms with Crippen molar-refractivity contribution in [2.75, 3.05) is 9.80 Å². The second-order valence-corrected chi connectivity index (χ2v) is 8.07. The van der Waals surface area contributed by atoms with Gasteiger partial charge < -0.3 is 0 Å². The van der Waals surface area contributed by atoms with Crippen LogP contribution in [-0.4, -0.2) is 23.6 Å². The van der Waals surface area contributed by atoms with E-state index in [0.29, 0.717) is 28.1 Å². The highest BCUT2D eigenvalue weighted by atomic mass is 16.2. The number of imide groups is 2. The molecule has 3 aliphatic rings. The van der Waals surface area contributed by atoms with Crippen molar-refractivity contribution >= 4 is 35.0 Å². The van der Waals surface area contributed by atoms with Crippen molar-refractivity contribution in [1.82, 2.24) is 0 Å². The van der Waals surface area contributed by atoms with Gasteiger partial charge in [0.05, 0.1) is 22.9 Å². The molecule has 1 saturated heterocycles. The lowest BCUT2D eigenvalue weighted by atomic mass is 9.78. The summed E-state index contributed by atoms with van der Waals surface area (Å²) in [5.41, 5.74) is 2.61. The van der Waals surface area contributed by atoms with Gasteiger partial charge in [0, 0.05) is 12.0 Å². The van der Waals surface area contributed by atoms with Crippen LogP contribution in [0, 0.1) is 11.8 Å². The molecule has 2 unspecified atom stereocenters. The van der Waals surface area contributed by atoms with Gasteiger partial charge in [-0.25, -0.2) is 4.90 Å². The van der Waals surface area contributed by atoms with Gasteiger partial charge in [-0.3, -0.25) is 24.1 Å². The van der Waals surface area contributed by atoms with Crippen molar-refractivity contribution in [3.05, 3.63) is 83.5 Å². The number of benzene rings is 2. The van der Waals surface area contributed by atoms with Gasteiger partial charge in [0.25, 0.3) is 11.8 Å². The second-order valence-electron chi connectivity index (χ2n) is 8.07. The molecule has 2 aliphatic heterocycles. The Hall–Kier alpha value is -3.80. The topological polar surface area (TPSA) is 74.8 Å². The lowest BCUT2D eigenvalue weighted by molar-refractivity contribution is -0.123.